The lowest BCUT2D eigenvalue weighted by Crippen LogP contribution is -2.24. The Kier molecular flexibility index (Phi) is 7.61. The number of nitrogens with zero attached hydrogens (tertiary/aromatic N) is 2. The number of carbonyl (C=O) groups excluding carboxylic acids is 1. The number of benzene rings is 3. The molecule has 0 aliphatic rings. The Morgan fingerprint density at radius 2 is 1.53 bits per heavy atom. The van der Waals surface area contributed by atoms with E-state index >= 15 is 0 Å². The maximum Gasteiger partial charge on any atom is 0.277 e. The lowest BCUT2D eigenvalue weighted by atomic mass is 10.1. The second-order valence-electron chi connectivity index (χ2n) is 6.74. The van der Waals surface area contributed by atoms with E-state index in [9.17, 15) is 4.79 Å². The van der Waals surface area contributed by atoms with E-state index in [1.54, 1.807) is 6.21 Å². The van der Waals surface area contributed by atoms with E-state index in [0.717, 1.165) is 29.8 Å². The number of hydrogen-bond donors (Lipinski definition) is 1. The van der Waals surface area contributed by atoms with Crippen LogP contribution in [-0.4, -0.2) is 31.8 Å². The Morgan fingerprint density at radius 1 is 0.900 bits per heavy atom. The van der Waals surface area contributed by atoms with E-state index in [-0.39, 0.29) is 12.5 Å². The van der Waals surface area contributed by atoms with Gasteiger partial charge >= 0.3 is 0 Å². The zero-order valence-corrected chi connectivity index (χ0v) is 17.4. The number of hydrogen-bond acceptors (Lipinski definition) is 4. The van der Waals surface area contributed by atoms with Crippen LogP contribution < -0.4 is 15.1 Å². The van der Waals surface area contributed by atoms with Gasteiger partial charge in [-0.1, -0.05) is 54.6 Å². The van der Waals surface area contributed by atoms with Gasteiger partial charge in [0.2, 0.25) is 0 Å². The topological polar surface area (TPSA) is 53.9 Å². The summed E-state index contributed by atoms with van der Waals surface area (Å²) >= 11 is 0. The molecule has 1 amide bonds. The van der Waals surface area contributed by atoms with E-state index in [0.29, 0.717) is 5.75 Å². The van der Waals surface area contributed by atoms with Gasteiger partial charge in [-0.25, -0.2) is 5.43 Å². The zero-order valence-electron chi connectivity index (χ0n) is 17.4. The molecule has 0 bridgehead atoms. The van der Waals surface area contributed by atoms with Crippen LogP contribution in [0.2, 0.25) is 0 Å². The van der Waals surface area contributed by atoms with Gasteiger partial charge in [-0.2, -0.15) is 5.10 Å². The third-order valence-electron chi connectivity index (χ3n) is 4.76. The van der Waals surface area contributed by atoms with Crippen molar-refractivity contribution in [2.24, 2.45) is 5.10 Å². The molecule has 0 aliphatic heterocycles. The van der Waals surface area contributed by atoms with Crippen molar-refractivity contribution in [2.75, 3.05) is 24.6 Å². The highest BCUT2D eigenvalue weighted by molar-refractivity contribution is 5.83. The molecular formula is C25H27N3O2. The first kappa shape index (κ1) is 21.1. The van der Waals surface area contributed by atoms with Crippen molar-refractivity contribution in [2.45, 2.75) is 13.8 Å². The first-order chi connectivity index (χ1) is 14.7. The van der Waals surface area contributed by atoms with Crippen molar-refractivity contribution in [1.29, 1.82) is 0 Å². The van der Waals surface area contributed by atoms with E-state index in [1.807, 2.05) is 54.6 Å². The molecular weight excluding hydrogens is 374 g/mol. The number of ether oxygens (including phenoxy) is 1. The SMILES string of the molecule is CCN(CC)c1ccc(C=NNC(=O)COc2ccc(-c3ccccc3)cc2)cc1. The Hall–Kier alpha value is -3.60. The lowest BCUT2D eigenvalue weighted by Gasteiger charge is -2.20. The molecule has 0 unspecified atom stereocenters. The summed E-state index contributed by atoms with van der Waals surface area (Å²) in [4.78, 5) is 14.2. The lowest BCUT2D eigenvalue weighted by molar-refractivity contribution is -0.123. The summed E-state index contributed by atoms with van der Waals surface area (Å²) in [5.74, 6) is 0.332. The molecule has 0 aliphatic carbocycles. The van der Waals surface area contributed by atoms with Gasteiger partial charge in [-0.15, -0.1) is 0 Å². The van der Waals surface area contributed by atoms with Crippen molar-refractivity contribution in [1.82, 2.24) is 5.43 Å². The van der Waals surface area contributed by atoms with Gasteiger partial charge in [0.15, 0.2) is 6.61 Å². The molecule has 3 aromatic carbocycles. The number of nitrogens with one attached hydrogen (secondary N) is 1. The molecule has 0 fully saturated rings. The maximum atomic E-state index is 12.0. The van der Waals surface area contributed by atoms with Crippen molar-refractivity contribution in [3.05, 3.63) is 84.4 Å². The molecule has 0 radical (unpaired) electrons. The maximum absolute atomic E-state index is 12.0. The monoisotopic (exact) mass is 401 g/mol. The molecule has 3 aromatic rings. The van der Waals surface area contributed by atoms with Gasteiger partial charge in [0.1, 0.15) is 5.75 Å². The molecule has 0 saturated carbocycles. The largest absolute Gasteiger partial charge is 0.484 e. The van der Waals surface area contributed by atoms with E-state index < -0.39 is 0 Å². The number of anilines is 1. The van der Waals surface area contributed by atoms with Gasteiger partial charge in [0, 0.05) is 18.8 Å². The van der Waals surface area contributed by atoms with E-state index in [1.165, 1.54) is 5.69 Å². The minimum absolute atomic E-state index is 0.0943. The highest BCUT2D eigenvalue weighted by Crippen LogP contribution is 2.22. The van der Waals surface area contributed by atoms with Crippen LogP contribution in [0.3, 0.4) is 0 Å². The van der Waals surface area contributed by atoms with Gasteiger partial charge < -0.3 is 9.64 Å². The Labute approximate surface area is 178 Å². The number of carbonyl (C=O) groups is 1. The Morgan fingerprint density at radius 3 is 2.17 bits per heavy atom. The van der Waals surface area contributed by atoms with Crippen molar-refractivity contribution < 1.29 is 9.53 Å². The fourth-order valence-electron chi connectivity index (χ4n) is 3.09. The average Bonchev–Trinajstić information content (AvgIpc) is 2.80. The molecule has 0 saturated heterocycles. The van der Waals surface area contributed by atoms with Crippen LogP contribution in [0.1, 0.15) is 19.4 Å². The smallest absolute Gasteiger partial charge is 0.277 e. The molecule has 3 rings (SSSR count). The molecule has 30 heavy (non-hydrogen) atoms. The predicted molar refractivity (Wildman–Crippen MR) is 123 cm³/mol. The van der Waals surface area contributed by atoms with Crippen molar-refractivity contribution in [3.8, 4) is 16.9 Å². The normalized spacial score (nSPS) is 10.7. The fourth-order valence-corrected chi connectivity index (χ4v) is 3.09. The van der Waals surface area contributed by atoms with Crippen LogP contribution in [0.15, 0.2) is 84.0 Å². The van der Waals surface area contributed by atoms with Gasteiger partial charge in [0.25, 0.3) is 5.91 Å². The quantitative estimate of drug-likeness (QED) is 0.417. The molecule has 5 nitrogen and oxygen atoms in total. The van der Waals surface area contributed by atoms with Gasteiger partial charge in [-0.05, 0) is 54.8 Å². The van der Waals surface area contributed by atoms with Gasteiger partial charge in [0.05, 0.1) is 6.21 Å². The van der Waals surface area contributed by atoms with Crippen molar-refractivity contribution in [3.63, 3.8) is 0 Å². The highest BCUT2D eigenvalue weighted by Gasteiger charge is 2.03. The summed E-state index contributed by atoms with van der Waals surface area (Å²) in [6, 6.07) is 25.8. The molecule has 5 heteroatoms. The van der Waals surface area contributed by atoms with Crippen LogP contribution in [0.5, 0.6) is 5.75 Å². The molecule has 154 valence electrons. The minimum Gasteiger partial charge on any atom is -0.484 e. The summed E-state index contributed by atoms with van der Waals surface area (Å²) in [6.45, 7) is 6.11. The number of rotatable bonds is 9. The first-order valence-electron chi connectivity index (χ1n) is 10.1. The van der Waals surface area contributed by atoms with Crippen LogP contribution in [-0.2, 0) is 4.79 Å². The molecule has 0 aromatic heterocycles. The van der Waals surface area contributed by atoms with E-state index in [4.69, 9.17) is 4.74 Å². The molecule has 1 N–H and O–H groups in total. The van der Waals surface area contributed by atoms with Crippen LogP contribution in [0.25, 0.3) is 11.1 Å². The highest BCUT2D eigenvalue weighted by atomic mass is 16.5. The second-order valence-corrected chi connectivity index (χ2v) is 6.74. The first-order valence-corrected chi connectivity index (χ1v) is 10.1. The number of amides is 1. The summed E-state index contributed by atoms with van der Waals surface area (Å²) in [7, 11) is 0. The predicted octanol–water partition coefficient (Wildman–Crippen LogP) is 4.73. The average molecular weight is 402 g/mol. The number of hydrazone groups is 1. The summed E-state index contributed by atoms with van der Waals surface area (Å²) in [6.07, 6.45) is 1.62. The second kappa shape index (κ2) is 10.8. The third-order valence-corrected chi connectivity index (χ3v) is 4.76. The van der Waals surface area contributed by atoms with E-state index in [2.05, 4.69) is 53.5 Å². The molecule has 0 heterocycles. The Bertz CT molecular complexity index is 948. The molecule has 0 spiro atoms. The van der Waals surface area contributed by atoms with Crippen LogP contribution in [0.4, 0.5) is 5.69 Å². The summed E-state index contributed by atoms with van der Waals surface area (Å²) in [5.41, 5.74) is 6.83. The van der Waals surface area contributed by atoms with Crippen molar-refractivity contribution >= 4 is 17.8 Å². The summed E-state index contributed by atoms with van der Waals surface area (Å²) < 4.78 is 5.54. The standard InChI is InChI=1S/C25H27N3O2/c1-3-28(4-2)23-14-10-20(11-15-23)18-26-27-25(29)19-30-24-16-12-22(13-17-24)21-8-6-5-7-9-21/h5-18H,3-4,19H2,1-2H3,(H,27,29). The third kappa shape index (κ3) is 5.95. The fraction of sp³-hybridized carbons (Fsp3) is 0.200. The zero-order chi connectivity index (χ0) is 21.2. The van der Waals surface area contributed by atoms with Crippen LogP contribution >= 0.6 is 0 Å². The van der Waals surface area contributed by atoms with Gasteiger partial charge in [-0.3, -0.25) is 4.79 Å². The summed E-state index contributed by atoms with van der Waals surface area (Å²) in [5, 5.41) is 4.00. The van der Waals surface area contributed by atoms with Crippen LogP contribution in [0, 0.1) is 0 Å². The molecule has 0 atom stereocenters. The Balaban J connectivity index is 1.45. The minimum atomic E-state index is -0.307.